The lowest BCUT2D eigenvalue weighted by atomic mass is 10.1. The number of nitrogens with one attached hydrogen (secondary N) is 2. The molecule has 0 spiro atoms. The highest BCUT2D eigenvalue weighted by Crippen LogP contribution is 2.24. The number of urea groups is 1. The predicted molar refractivity (Wildman–Crippen MR) is 116 cm³/mol. The minimum Gasteiger partial charge on any atom is -0.338 e. The van der Waals surface area contributed by atoms with Crippen LogP contribution < -0.4 is 10.6 Å². The normalized spacial score (nSPS) is 13.0. The van der Waals surface area contributed by atoms with Crippen molar-refractivity contribution in [3.63, 3.8) is 0 Å². The Kier molecular flexibility index (Phi) is 6.09. The fourth-order valence-corrected chi connectivity index (χ4v) is 3.41. The van der Waals surface area contributed by atoms with Crippen molar-refractivity contribution < 1.29 is 9.32 Å². The fourth-order valence-electron chi connectivity index (χ4n) is 3.41. The highest BCUT2D eigenvalue weighted by Gasteiger charge is 2.22. The largest absolute Gasteiger partial charge is 0.338 e. The second kappa shape index (κ2) is 9.09. The van der Waals surface area contributed by atoms with Crippen molar-refractivity contribution in [1.29, 1.82) is 0 Å². The number of benzene rings is 2. The van der Waals surface area contributed by atoms with E-state index in [9.17, 15) is 4.79 Å². The first-order chi connectivity index (χ1) is 14.6. The lowest BCUT2D eigenvalue weighted by molar-refractivity contribution is 0.212. The highest BCUT2D eigenvalue weighted by atomic mass is 16.5. The van der Waals surface area contributed by atoms with Gasteiger partial charge in [-0.05, 0) is 54.3 Å². The van der Waals surface area contributed by atoms with E-state index in [0.29, 0.717) is 37.3 Å². The predicted octanol–water partition coefficient (Wildman–Crippen LogP) is 4.42. The molecule has 2 amide bonds. The average molecular weight is 406 g/mol. The Morgan fingerprint density at radius 2 is 1.80 bits per heavy atom. The van der Waals surface area contributed by atoms with Gasteiger partial charge in [0, 0.05) is 24.3 Å². The summed E-state index contributed by atoms with van der Waals surface area (Å²) in [5.41, 5.74) is 3.99. The number of aromatic nitrogens is 2. The number of nitrogens with zero attached hydrogens (tertiary/aromatic N) is 3. The Balaban J connectivity index is 1.31. The maximum atomic E-state index is 12.6. The van der Waals surface area contributed by atoms with Gasteiger partial charge in [0.05, 0.1) is 6.54 Å². The number of carbonyl (C=O) groups excluding carboxylic acids is 1. The molecule has 0 aliphatic carbocycles. The summed E-state index contributed by atoms with van der Waals surface area (Å²) in [6.45, 7) is 7.15. The molecule has 0 bridgehead atoms. The molecule has 1 aromatic heterocycles. The number of fused-ring (bicyclic) bond motifs is 1. The van der Waals surface area contributed by atoms with E-state index < -0.39 is 0 Å². The summed E-state index contributed by atoms with van der Waals surface area (Å²) in [7, 11) is 0. The summed E-state index contributed by atoms with van der Waals surface area (Å²) < 4.78 is 5.32. The molecule has 2 aromatic carbocycles. The number of hydrogen-bond acceptors (Lipinski definition) is 5. The van der Waals surface area contributed by atoms with Crippen LogP contribution in [-0.4, -0.2) is 27.6 Å². The number of rotatable bonds is 7. The first-order valence-electron chi connectivity index (χ1n) is 10.3. The number of anilines is 1. The van der Waals surface area contributed by atoms with Crippen molar-refractivity contribution in [2.45, 2.75) is 39.9 Å². The van der Waals surface area contributed by atoms with E-state index in [4.69, 9.17) is 4.52 Å². The zero-order chi connectivity index (χ0) is 20.9. The SMILES string of the molecule is CC(C)CCNCc1nc(-c2ccc(NC(=O)N3Cc4ccccc4C3)cc2)no1. The van der Waals surface area contributed by atoms with Crippen molar-refractivity contribution in [2.75, 3.05) is 11.9 Å². The Bertz CT molecular complexity index is 972. The summed E-state index contributed by atoms with van der Waals surface area (Å²) in [5.74, 6) is 1.78. The smallest absolute Gasteiger partial charge is 0.322 e. The third kappa shape index (κ3) is 4.86. The molecular formula is C23H27N5O2. The zero-order valence-electron chi connectivity index (χ0n) is 17.4. The van der Waals surface area contributed by atoms with Crippen LogP contribution in [-0.2, 0) is 19.6 Å². The van der Waals surface area contributed by atoms with Crippen molar-refractivity contribution in [3.8, 4) is 11.4 Å². The molecule has 156 valence electrons. The molecule has 30 heavy (non-hydrogen) atoms. The van der Waals surface area contributed by atoms with Crippen LogP contribution in [0.25, 0.3) is 11.4 Å². The Hall–Kier alpha value is -3.19. The third-order valence-electron chi connectivity index (χ3n) is 5.17. The van der Waals surface area contributed by atoms with Crippen LogP contribution in [0.2, 0.25) is 0 Å². The minimum absolute atomic E-state index is 0.103. The van der Waals surface area contributed by atoms with Gasteiger partial charge >= 0.3 is 6.03 Å². The molecule has 7 nitrogen and oxygen atoms in total. The second-order valence-electron chi connectivity index (χ2n) is 8.00. The van der Waals surface area contributed by atoms with Gasteiger partial charge in [0.2, 0.25) is 11.7 Å². The lowest BCUT2D eigenvalue weighted by Crippen LogP contribution is -2.30. The monoisotopic (exact) mass is 405 g/mol. The number of amides is 2. The molecule has 0 fully saturated rings. The second-order valence-corrected chi connectivity index (χ2v) is 8.00. The van der Waals surface area contributed by atoms with Gasteiger partial charge in [-0.15, -0.1) is 0 Å². The van der Waals surface area contributed by atoms with Gasteiger partial charge in [-0.2, -0.15) is 4.98 Å². The highest BCUT2D eigenvalue weighted by molar-refractivity contribution is 5.90. The van der Waals surface area contributed by atoms with Crippen molar-refractivity contribution in [3.05, 3.63) is 65.5 Å². The molecule has 2 heterocycles. The maximum Gasteiger partial charge on any atom is 0.322 e. The zero-order valence-corrected chi connectivity index (χ0v) is 17.4. The van der Waals surface area contributed by atoms with Gasteiger partial charge in [0.15, 0.2) is 0 Å². The summed E-state index contributed by atoms with van der Waals surface area (Å²) in [6, 6.07) is 15.5. The van der Waals surface area contributed by atoms with Gasteiger partial charge in [-0.1, -0.05) is 43.3 Å². The summed E-state index contributed by atoms with van der Waals surface area (Å²) in [4.78, 5) is 18.8. The topological polar surface area (TPSA) is 83.3 Å². The van der Waals surface area contributed by atoms with Crippen LogP contribution in [0.15, 0.2) is 53.1 Å². The van der Waals surface area contributed by atoms with Crippen LogP contribution in [0.5, 0.6) is 0 Å². The Labute approximate surface area is 176 Å². The molecule has 0 saturated heterocycles. The van der Waals surface area contributed by atoms with Crippen LogP contribution in [0, 0.1) is 5.92 Å². The van der Waals surface area contributed by atoms with Gasteiger partial charge in [0.1, 0.15) is 0 Å². The van der Waals surface area contributed by atoms with Crippen LogP contribution in [0.4, 0.5) is 10.5 Å². The van der Waals surface area contributed by atoms with E-state index in [1.165, 1.54) is 11.1 Å². The molecule has 4 rings (SSSR count). The average Bonchev–Trinajstić information content (AvgIpc) is 3.39. The lowest BCUT2D eigenvalue weighted by Gasteiger charge is -2.16. The molecule has 0 saturated carbocycles. The molecule has 2 N–H and O–H groups in total. The summed E-state index contributed by atoms with van der Waals surface area (Å²) in [6.07, 6.45) is 1.11. The molecule has 1 aliphatic rings. The number of hydrogen-bond donors (Lipinski definition) is 2. The van der Waals surface area contributed by atoms with E-state index in [-0.39, 0.29) is 6.03 Å². The minimum atomic E-state index is -0.103. The van der Waals surface area contributed by atoms with Gasteiger partial charge in [-0.3, -0.25) is 0 Å². The summed E-state index contributed by atoms with van der Waals surface area (Å²) >= 11 is 0. The molecule has 3 aromatic rings. The molecule has 1 aliphatic heterocycles. The Morgan fingerprint density at radius 1 is 1.10 bits per heavy atom. The first-order valence-corrected chi connectivity index (χ1v) is 10.3. The summed E-state index contributed by atoms with van der Waals surface area (Å²) in [5, 5.41) is 10.3. The van der Waals surface area contributed by atoms with Crippen LogP contribution in [0.1, 0.15) is 37.3 Å². The van der Waals surface area contributed by atoms with Crippen molar-refractivity contribution in [1.82, 2.24) is 20.4 Å². The first kappa shape index (κ1) is 20.1. The van der Waals surface area contributed by atoms with Gasteiger partial charge in [0.25, 0.3) is 0 Å². The van der Waals surface area contributed by atoms with E-state index in [2.05, 4.69) is 46.8 Å². The van der Waals surface area contributed by atoms with E-state index in [1.807, 2.05) is 36.4 Å². The van der Waals surface area contributed by atoms with Gasteiger partial charge in [-0.25, -0.2) is 4.79 Å². The van der Waals surface area contributed by atoms with E-state index >= 15 is 0 Å². The standard InChI is InChI=1S/C23H27N5O2/c1-16(2)11-12-24-13-21-26-22(27-30-21)17-7-9-20(10-8-17)25-23(29)28-14-18-5-3-4-6-19(18)15-28/h3-10,16,24H,11-15H2,1-2H3,(H,25,29). The molecule has 7 heteroatoms. The molecule has 0 unspecified atom stereocenters. The number of carbonyl (C=O) groups is 1. The van der Waals surface area contributed by atoms with Crippen molar-refractivity contribution in [2.24, 2.45) is 5.92 Å². The Morgan fingerprint density at radius 3 is 2.47 bits per heavy atom. The molecule has 0 radical (unpaired) electrons. The maximum absolute atomic E-state index is 12.6. The van der Waals surface area contributed by atoms with E-state index in [0.717, 1.165) is 24.2 Å². The van der Waals surface area contributed by atoms with E-state index in [1.54, 1.807) is 4.90 Å². The molecular weight excluding hydrogens is 378 g/mol. The fraction of sp³-hybridized carbons (Fsp3) is 0.348. The third-order valence-corrected chi connectivity index (χ3v) is 5.17. The van der Waals surface area contributed by atoms with Crippen LogP contribution >= 0.6 is 0 Å². The quantitative estimate of drug-likeness (QED) is 0.569. The van der Waals surface area contributed by atoms with Crippen LogP contribution in [0.3, 0.4) is 0 Å². The van der Waals surface area contributed by atoms with Crippen molar-refractivity contribution >= 4 is 11.7 Å². The molecule has 0 atom stereocenters. The van der Waals surface area contributed by atoms with Gasteiger partial charge < -0.3 is 20.1 Å².